The van der Waals surface area contributed by atoms with Crippen LogP contribution in [0.3, 0.4) is 0 Å². The molecule has 5 heterocycles. The van der Waals surface area contributed by atoms with Gasteiger partial charge in [-0.2, -0.15) is 0 Å². The van der Waals surface area contributed by atoms with Gasteiger partial charge in [-0.3, -0.25) is 0 Å². The maximum atomic E-state index is 11.2. The topological polar surface area (TPSA) is 84.8 Å². The molecule has 0 bridgehead atoms. The first-order valence-electron chi connectivity index (χ1n) is 25.8. The minimum absolute atomic E-state index is 0.174. The van der Waals surface area contributed by atoms with E-state index in [0.717, 1.165) is 12.8 Å². The smallest absolute Gasteiger partial charge is 0.261 e. The van der Waals surface area contributed by atoms with E-state index in [0.29, 0.717) is 38.7 Å². The highest BCUT2D eigenvalue weighted by molar-refractivity contribution is 7.00. The van der Waals surface area contributed by atoms with Crippen LogP contribution in [-0.2, 0) is 32.5 Å². The number of hydrogen-bond donors (Lipinski definition) is 1. The summed E-state index contributed by atoms with van der Waals surface area (Å²) >= 11 is 0. The van der Waals surface area contributed by atoms with Crippen molar-refractivity contribution < 1.29 is 37.6 Å². The fraction of sp³-hybridized carbons (Fsp3) is 0.559. The van der Waals surface area contributed by atoms with E-state index >= 15 is 0 Å². The zero-order chi connectivity index (χ0) is 49.3. The Morgan fingerprint density at radius 3 is 1.54 bits per heavy atom. The summed E-state index contributed by atoms with van der Waals surface area (Å²) in [7, 11) is -5.91. The maximum Gasteiger partial charge on any atom is 0.261 e. The molecule has 0 unspecified atom stereocenters. The number of benzene rings is 4. The van der Waals surface area contributed by atoms with Gasteiger partial charge in [-0.1, -0.05) is 169 Å². The standard InChI is InChI=1S/C59H80O8Si2/c1-13-55(8)48(60)38-51-59(12,66-55)41-52-56(9,64-51)35-36-57(10)49(63-52)39-50-58(11,67-57)40-47(65-69(54(5,6)7,44-30-22-16-23-31-44)45-32-24-17-25-33-45)46(62-50)34-37-61-68(53(2,3)4,42-26-18-14-19-27-42)43-28-20-15-21-29-43/h13-33,46-52,60H,1,34-41H2,2-12H3/t46-,47+,48-,49-,50+,51+,52+,55+,56-,57+,58-,59-/m1/s1. The minimum Gasteiger partial charge on any atom is -0.407 e. The first kappa shape index (κ1) is 50.7. The van der Waals surface area contributed by atoms with Crippen molar-refractivity contribution in [2.24, 2.45) is 0 Å². The summed E-state index contributed by atoms with van der Waals surface area (Å²) in [5.41, 5.74) is -3.45. The molecule has 0 amide bonds. The average Bonchev–Trinajstić information content (AvgIpc) is 3.41. The van der Waals surface area contributed by atoms with Crippen LogP contribution in [0.1, 0.15) is 121 Å². The lowest BCUT2D eigenvalue weighted by molar-refractivity contribution is -0.344. The Bertz CT molecular complexity index is 2310. The van der Waals surface area contributed by atoms with E-state index in [1.807, 2.05) is 6.92 Å². The third kappa shape index (κ3) is 8.84. The zero-order valence-corrected chi connectivity index (χ0v) is 45.3. The lowest BCUT2D eigenvalue weighted by atomic mass is 9.73. The quantitative estimate of drug-likeness (QED) is 0.118. The van der Waals surface area contributed by atoms with Crippen LogP contribution in [0.15, 0.2) is 134 Å². The van der Waals surface area contributed by atoms with Gasteiger partial charge in [0.25, 0.3) is 16.6 Å². The first-order valence-corrected chi connectivity index (χ1v) is 29.6. The van der Waals surface area contributed by atoms with Gasteiger partial charge in [-0.25, -0.2) is 0 Å². The summed E-state index contributed by atoms with van der Waals surface area (Å²) in [5.74, 6) is 0. The van der Waals surface area contributed by atoms with Crippen molar-refractivity contribution in [2.45, 2.75) is 202 Å². The van der Waals surface area contributed by atoms with Crippen molar-refractivity contribution in [2.75, 3.05) is 6.61 Å². The molecule has 5 fully saturated rings. The number of hydrogen-bond acceptors (Lipinski definition) is 8. The monoisotopic (exact) mass is 973 g/mol. The number of fused-ring (bicyclic) bond motifs is 4. The second-order valence-electron chi connectivity index (χ2n) is 24.2. The molecule has 8 nitrogen and oxygen atoms in total. The Balaban J connectivity index is 1.08. The van der Waals surface area contributed by atoms with E-state index in [1.165, 1.54) is 20.7 Å². The molecule has 4 aromatic rings. The minimum atomic E-state index is -3.06. The average molecular weight is 973 g/mol. The number of rotatable bonds is 11. The van der Waals surface area contributed by atoms with Crippen molar-refractivity contribution >= 4 is 37.4 Å². The summed E-state index contributed by atoms with van der Waals surface area (Å²) < 4.78 is 52.3. The second kappa shape index (κ2) is 18.3. The molecule has 0 radical (unpaired) electrons. The Morgan fingerprint density at radius 2 is 1.04 bits per heavy atom. The molecule has 69 heavy (non-hydrogen) atoms. The van der Waals surface area contributed by atoms with Gasteiger partial charge in [-0.05, 0) is 84.7 Å². The summed E-state index contributed by atoms with van der Waals surface area (Å²) in [6.45, 7) is 29.3. The van der Waals surface area contributed by atoms with E-state index in [1.54, 1.807) is 6.08 Å². The van der Waals surface area contributed by atoms with E-state index in [4.69, 9.17) is 32.5 Å². The van der Waals surface area contributed by atoms with Gasteiger partial charge >= 0.3 is 0 Å². The highest BCUT2D eigenvalue weighted by Gasteiger charge is 2.65. The van der Waals surface area contributed by atoms with E-state index in [2.05, 4.69) is 197 Å². The van der Waals surface area contributed by atoms with Gasteiger partial charge in [0.1, 0.15) is 5.60 Å². The van der Waals surface area contributed by atoms with Gasteiger partial charge in [-0.15, -0.1) is 6.58 Å². The molecule has 10 heteroatoms. The van der Waals surface area contributed by atoms with E-state index in [-0.39, 0.29) is 46.7 Å². The summed E-state index contributed by atoms with van der Waals surface area (Å²) in [6.07, 6.45) is 3.89. The van der Waals surface area contributed by atoms with E-state index in [9.17, 15) is 5.11 Å². The molecule has 5 saturated heterocycles. The first-order chi connectivity index (χ1) is 32.5. The fourth-order valence-corrected chi connectivity index (χ4v) is 22.6. The predicted octanol–water partition coefficient (Wildman–Crippen LogP) is 9.57. The van der Waals surface area contributed by atoms with Crippen molar-refractivity contribution in [3.05, 3.63) is 134 Å². The molecule has 9 rings (SSSR count). The molecule has 5 aliphatic rings. The summed E-state index contributed by atoms with van der Waals surface area (Å²) in [4.78, 5) is 0. The molecule has 5 aliphatic heterocycles. The molecule has 0 aliphatic carbocycles. The Kier molecular flexibility index (Phi) is 13.5. The van der Waals surface area contributed by atoms with Gasteiger partial charge in [0.05, 0.1) is 65.1 Å². The van der Waals surface area contributed by atoms with Gasteiger partial charge < -0.3 is 37.6 Å². The lowest BCUT2D eigenvalue weighted by Crippen LogP contribution is -2.72. The Morgan fingerprint density at radius 1 is 0.580 bits per heavy atom. The number of aliphatic hydroxyl groups is 1. The maximum absolute atomic E-state index is 11.2. The lowest BCUT2D eigenvalue weighted by Gasteiger charge is -2.59. The van der Waals surface area contributed by atoms with Crippen LogP contribution in [0.5, 0.6) is 0 Å². The molecule has 0 spiro atoms. The Hall–Kier alpha value is -3.27. The molecule has 0 aromatic heterocycles. The summed E-state index contributed by atoms with van der Waals surface area (Å²) in [5, 5.41) is 15.8. The number of aliphatic hydroxyl groups excluding tert-OH is 1. The van der Waals surface area contributed by atoms with E-state index < -0.39 is 50.7 Å². The van der Waals surface area contributed by atoms with Crippen molar-refractivity contribution in [1.82, 2.24) is 0 Å². The van der Waals surface area contributed by atoms with Crippen LogP contribution in [0.2, 0.25) is 10.1 Å². The van der Waals surface area contributed by atoms with Crippen LogP contribution in [-0.4, -0.2) is 99.1 Å². The SMILES string of the molecule is C=C[C@]1(C)O[C@]2(C)C[C@@H]3O[C@@H]4C[C@@H]5O[C@H](CCO[Si](c6ccccc6)(c6ccccc6)C(C)(C)C)[C@@H](O[Si](c6ccccc6)(c6ccccc6)C(C)(C)C)C[C@@]5(C)O[C@@]4(C)CC[C@@]3(C)O[C@H]2C[C@H]1O. The largest absolute Gasteiger partial charge is 0.407 e. The molecular formula is C59H80O8Si2. The molecule has 4 aromatic carbocycles. The van der Waals surface area contributed by atoms with Gasteiger partial charge in [0.15, 0.2) is 0 Å². The molecule has 372 valence electrons. The Labute approximate surface area is 415 Å². The molecular weight excluding hydrogens is 893 g/mol. The fourth-order valence-electron chi connectivity index (χ4n) is 13.3. The van der Waals surface area contributed by atoms with Crippen molar-refractivity contribution in [1.29, 1.82) is 0 Å². The third-order valence-corrected chi connectivity index (χ3v) is 27.4. The highest BCUT2D eigenvalue weighted by atomic mass is 28.4. The highest BCUT2D eigenvalue weighted by Crippen LogP contribution is 2.55. The van der Waals surface area contributed by atoms with Crippen LogP contribution in [0, 0.1) is 0 Å². The van der Waals surface area contributed by atoms with Gasteiger partial charge in [0.2, 0.25) is 0 Å². The van der Waals surface area contributed by atoms with Crippen LogP contribution in [0.4, 0.5) is 0 Å². The van der Waals surface area contributed by atoms with Crippen molar-refractivity contribution in [3.63, 3.8) is 0 Å². The molecule has 12 atom stereocenters. The number of ether oxygens (including phenoxy) is 5. The third-order valence-electron chi connectivity index (χ3n) is 17.3. The molecule has 0 saturated carbocycles. The molecule has 1 N–H and O–H groups in total. The predicted molar refractivity (Wildman–Crippen MR) is 281 cm³/mol. The normalized spacial score (nSPS) is 36.2. The van der Waals surface area contributed by atoms with Crippen molar-refractivity contribution in [3.8, 4) is 0 Å². The van der Waals surface area contributed by atoms with Crippen LogP contribution in [0.25, 0.3) is 0 Å². The van der Waals surface area contributed by atoms with Crippen LogP contribution >= 0.6 is 0 Å². The summed E-state index contributed by atoms with van der Waals surface area (Å²) in [6, 6.07) is 43.7. The van der Waals surface area contributed by atoms with Crippen LogP contribution < -0.4 is 20.7 Å². The second-order valence-corrected chi connectivity index (χ2v) is 32.8. The zero-order valence-electron chi connectivity index (χ0n) is 43.3. The van der Waals surface area contributed by atoms with Gasteiger partial charge in [0, 0.05) is 32.3 Å².